The molecule has 0 aliphatic rings. The highest BCUT2D eigenvalue weighted by Crippen LogP contribution is 2.16. The van der Waals surface area contributed by atoms with Gasteiger partial charge in [-0.1, -0.05) is 6.07 Å². The van der Waals surface area contributed by atoms with Crippen LogP contribution in [0.25, 0.3) is 0 Å². The second-order valence-electron chi connectivity index (χ2n) is 3.54. The lowest BCUT2D eigenvalue weighted by Crippen LogP contribution is -2.14. The zero-order valence-corrected chi connectivity index (χ0v) is 9.99. The first kappa shape index (κ1) is 12.3. The number of hydrogen-bond acceptors (Lipinski definition) is 4. The number of anilines is 2. The van der Waals surface area contributed by atoms with Crippen LogP contribution in [-0.4, -0.2) is 13.4 Å². The highest BCUT2D eigenvalue weighted by Gasteiger charge is 2.14. The van der Waals surface area contributed by atoms with E-state index >= 15 is 0 Å². The van der Waals surface area contributed by atoms with Crippen molar-refractivity contribution >= 4 is 21.5 Å². The molecule has 3 N–H and O–H groups in total. The zero-order valence-electron chi connectivity index (χ0n) is 9.17. The van der Waals surface area contributed by atoms with Gasteiger partial charge in [0.25, 0.3) is 10.0 Å². The Bertz CT molecular complexity index is 656. The Morgan fingerprint density at radius 1 is 1.22 bits per heavy atom. The first-order chi connectivity index (χ1) is 8.47. The molecule has 0 aliphatic carbocycles. The van der Waals surface area contributed by atoms with Gasteiger partial charge in [-0.3, -0.25) is 4.72 Å². The summed E-state index contributed by atoms with van der Waals surface area (Å²) < 4.78 is 38.7. The number of rotatable bonds is 3. The number of aromatic nitrogens is 1. The van der Waals surface area contributed by atoms with Gasteiger partial charge in [-0.25, -0.2) is 17.8 Å². The molecule has 0 amide bonds. The van der Waals surface area contributed by atoms with E-state index in [9.17, 15) is 12.8 Å². The van der Waals surface area contributed by atoms with Crippen LogP contribution in [-0.2, 0) is 10.0 Å². The molecule has 0 bridgehead atoms. The molecule has 5 nitrogen and oxygen atoms in total. The average molecular weight is 267 g/mol. The molecule has 94 valence electrons. The summed E-state index contributed by atoms with van der Waals surface area (Å²) in [5, 5.41) is 0. The largest absolute Gasteiger partial charge is 0.399 e. The quantitative estimate of drug-likeness (QED) is 0.827. The van der Waals surface area contributed by atoms with Gasteiger partial charge in [-0.05, 0) is 30.3 Å². The van der Waals surface area contributed by atoms with Crippen LogP contribution < -0.4 is 10.5 Å². The van der Waals surface area contributed by atoms with Crippen molar-refractivity contribution in [2.24, 2.45) is 0 Å². The Balaban J connectivity index is 2.30. The van der Waals surface area contributed by atoms with Crippen molar-refractivity contribution < 1.29 is 12.8 Å². The summed E-state index contributed by atoms with van der Waals surface area (Å²) in [6.45, 7) is 0. The van der Waals surface area contributed by atoms with Gasteiger partial charge in [0.05, 0.1) is 11.1 Å². The van der Waals surface area contributed by atoms with Crippen molar-refractivity contribution in [3.05, 3.63) is 48.4 Å². The maximum Gasteiger partial charge on any atom is 0.263 e. The van der Waals surface area contributed by atoms with Gasteiger partial charge >= 0.3 is 0 Å². The molecule has 1 aromatic heterocycles. The summed E-state index contributed by atoms with van der Waals surface area (Å²) >= 11 is 0. The molecule has 1 aromatic carbocycles. The minimum atomic E-state index is -3.76. The number of nitrogens with zero attached hydrogens (tertiary/aromatic N) is 1. The Morgan fingerprint density at radius 3 is 2.61 bits per heavy atom. The first-order valence-electron chi connectivity index (χ1n) is 4.97. The van der Waals surface area contributed by atoms with E-state index in [1.165, 1.54) is 24.3 Å². The van der Waals surface area contributed by atoms with E-state index in [1.807, 2.05) is 0 Å². The van der Waals surface area contributed by atoms with Gasteiger partial charge in [-0.15, -0.1) is 0 Å². The summed E-state index contributed by atoms with van der Waals surface area (Å²) in [5.74, 6) is -0.499. The van der Waals surface area contributed by atoms with Crippen LogP contribution in [0.2, 0.25) is 0 Å². The summed E-state index contributed by atoms with van der Waals surface area (Å²) in [5.41, 5.74) is 5.85. The lowest BCUT2D eigenvalue weighted by molar-refractivity contribution is 0.600. The van der Waals surface area contributed by atoms with Crippen LogP contribution in [0.3, 0.4) is 0 Å². The molecule has 18 heavy (non-hydrogen) atoms. The van der Waals surface area contributed by atoms with Crippen LogP contribution in [0.4, 0.5) is 15.9 Å². The third-order valence-corrected chi connectivity index (χ3v) is 3.49. The van der Waals surface area contributed by atoms with E-state index in [1.54, 1.807) is 6.07 Å². The molecule has 2 aromatic rings. The fourth-order valence-electron chi connectivity index (χ4n) is 1.31. The van der Waals surface area contributed by atoms with Crippen LogP contribution >= 0.6 is 0 Å². The predicted octanol–water partition coefficient (Wildman–Crippen LogP) is 1.60. The van der Waals surface area contributed by atoms with Crippen molar-refractivity contribution in [1.29, 1.82) is 0 Å². The lowest BCUT2D eigenvalue weighted by atomic mass is 10.3. The number of benzene rings is 1. The Kier molecular flexibility index (Phi) is 3.15. The molecule has 1 heterocycles. The molecule has 0 saturated carbocycles. The van der Waals surface area contributed by atoms with E-state index in [4.69, 9.17) is 5.73 Å². The van der Waals surface area contributed by atoms with Crippen LogP contribution in [0.1, 0.15) is 0 Å². The maximum atomic E-state index is 12.6. The highest BCUT2D eigenvalue weighted by atomic mass is 32.2. The van der Waals surface area contributed by atoms with E-state index in [2.05, 4.69) is 9.71 Å². The normalized spacial score (nSPS) is 11.2. The minimum Gasteiger partial charge on any atom is -0.399 e. The van der Waals surface area contributed by atoms with Crippen LogP contribution in [0.15, 0.2) is 47.5 Å². The van der Waals surface area contributed by atoms with Gasteiger partial charge in [-0.2, -0.15) is 0 Å². The van der Waals surface area contributed by atoms with Gasteiger partial charge in [0.2, 0.25) is 0 Å². The van der Waals surface area contributed by atoms with E-state index in [-0.39, 0.29) is 10.7 Å². The average Bonchev–Trinajstić information content (AvgIpc) is 2.32. The minimum absolute atomic E-state index is 0.0219. The SMILES string of the molecule is Nc1cccc(S(=O)(=O)Nc2ccc(F)cn2)c1. The lowest BCUT2D eigenvalue weighted by Gasteiger charge is -2.07. The molecule has 0 atom stereocenters. The zero-order chi connectivity index (χ0) is 13.2. The number of nitrogens with two attached hydrogens (primary N) is 1. The third kappa shape index (κ3) is 2.75. The molecule has 0 radical (unpaired) electrons. The van der Waals surface area contributed by atoms with Crippen molar-refractivity contribution in [1.82, 2.24) is 4.98 Å². The molecule has 0 saturated heterocycles. The number of nitrogens with one attached hydrogen (secondary N) is 1. The number of hydrogen-bond donors (Lipinski definition) is 2. The Morgan fingerprint density at radius 2 is 2.00 bits per heavy atom. The fraction of sp³-hybridized carbons (Fsp3) is 0. The number of sulfonamides is 1. The molecule has 7 heteroatoms. The Labute approximate surface area is 104 Å². The van der Waals surface area contributed by atoms with E-state index < -0.39 is 15.8 Å². The van der Waals surface area contributed by atoms with Gasteiger partial charge < -0.3 is 5.73 Å². The molecule has 2 rings (SSSR count). The third-order valence-electron chi connectivity index (χ3n) is 2.13. The second-order valence-corrected chi connectivity index (χ2v) is 5.22. The summed E-state index contributed by atoms with van der Waals surface area (Å²) in [4.78, 5) is 3.64. The number of nitrogen functional groups attached to an aromatic ring is 1. The van der Waals surface area contributed by atoms with E-state index in [0.717, 1.165) is 12.3 Å². The highest BCUT2D eigenvalue weighted by molar-refractivity contribution is 7.92. The monoisotopic (exact) mass is 267 g/mol. The molecular formula is C11H10FN3O2S. The second kappa shape index (κ2) is 4.61. The van der Waals surface area contributed by atoms with Crippen molar-refractivity contribution in [2.75, 3.05) is 10.5 Å². The van der Waals surface area contributed by atoms with Crippen molar-refractivity contribution in [3.8, 4) is 0 Å². The summed E-state index contributed by atoms with van der Waals surface area (Å²) in [6, 6.07) is 8.19. The number of halogens is 1. The van der Waals surface area contributed by atoms with Gasteiger partial charge in [0.15, 0.2) is 0 Å². The smallest absolute Gasteiger partial charge is 0.263 e. The van der Waals surface area contributed by atoms with Gasteiger partial charge in [0.1, 0.15) is 11.6 Å². The van der Waals surface area contributed by atoms with Crippen LogP contribution in [0, 0.1) is 5.82 Å². The van der Waals surface area contributed by atoms with Crippen molar-refractivity contribution in [2.45, 2.75) is 4.90 Å². The standard InChI is InChI=1S/C11H10FN3O2S/c12-8-4-5-11(14-7-8)15-18(16,17)10-3-1-2-9(13)6-10/h1-7H,13H2,(H,14,15). The molecular weight excluding hydrogens is 257 g/mol. The van der Waals surface area contributed by atoms with Crippen LogP contribution in [0.5, 0.6) is 0 Å². The maximum absolute atomic E-state index is 12.6. The summed E-state index contributed by atoms with van der Waals surface area (Å²) in [7, 11) is -3.76. The fourth-order valence-corrected chi connectivity index (χ4v) is 2.38. The Hall–Kier alpha value is -2.15. The first-order valence-corrected chi connectivity index (χ1v) is 6.45. The molecule has 0 fully saturated rings. The topological polar surface area (TPSA) is 85.1 Å². The summed E-state index contributed by atoms with van der Waals surface area (Å²) in [6.07, 6.45) is 0.928. The molecule has 0 unspecified atom stereocenters. The molecule has 0 aliphatic heterocycles. The molecule has 0 spiro atoms. The van der Waals surface area contributed by atoms with Crippen molar-refractivity contribution in [3.63, 3.8) is 0 Å². The number of pyridine rings is 1. The van der Waals surface area contributed by atoms with E-state index in [0.29, 0.717) is 5.69 Å². The van der Waals surface area contributed by atoms with Gasteiger partial charge in [0, 0.05) is 5.69 Å². The predicted molar refractivity (Wildman–Crippen MR) is 65.9 cm³/mol.